The number of rotatable bonds is 7. The van der Waals surface area contributed by atoms with Crippen molar-refractivity contribution < 1.29 is 25.5 Å². The second-order valence-electron chi connectivity index (χ2n) is 6.44. The lowest BCUT2D eigenvalue weighted by Gasteiger charge is -2.26. The van der Waals surface area contributed by atoms with Gasteiger partial charge >= 0.3 is 0 Å². The van der Waals surface area contributed by atoms with Crippen LogP contribution in [-0.4, -0.2) is 68.1 Å². The zero-order valence-electron chi connectivity index (χ0n) is 14.4. The zero-order valence-corrected chi connectivity index (χ0v) is 14.4. The van der Waals surface area contributed by atoms with E-state index in [0.717, 1.165) is 5.52 Å². The van der Waals surface area contributed by atoms with Crippen LogP contribution in [-0.2, 0) is 0 Å². The van der Waals surface area contributed by atoms with Crippen LogP contribution >= 0.6 is 0 Å². The quantitative estimate of drug-likeness (QED) is 0.277. The largest absolute Gasteiger partial charge is 0.394 e. The number of aliphatic hydroxyl groups excluding tert-OH is 5. The minimum atomic E-state index is -1.68. The SMILES string of the molecule is O=c1c2ccccc2[nH]c2ccc(NC[C@H](O)[C@@H](O)[C@H](O)[C@H](O)CO)cc12. The summed E-state index contributed by atoms with van der Waals surface area (Å²) >= 11 is 0. The molecule has 0 unspecified atom stereocenters. The van der Waals surface area contributed by atoms with Crippen LogP contribution < -0.4 is 10.7 Å². The molecule has 0 aliphatic heterocycles. The highest BCUT2D eigenvalue weighted by molar-refractivity contribution is 5.93. The summed E-state index contributed by atoms with van der Waals surface area (Å²) in [4.78, 5) is 15.9. The highest BCUT2D eigenvalue weighted by atomic mass is 16.4. The van der Waals surface area contributed by atoms with Crippen LogP contribution in [0.3, 0.4) is 0 Å². The van der Waals surface area contributed by atoms with E-state index < -0.39 is 31.0 Å². The summed E-state index contributed by atoms with van der Waals surface area (Å²) in [6, 6.07) is 12.3. The third-order valence-electron chi connectivity index (χ3n) is 4.55. The molecule has 0 aliphatic carbocycles. The number of para-hydroxylation sites is 1. The first-order valence-corrected chi connectivity index (χ1v) is 8.54. The van der Waals surface area contributed by atoms with E-state index in [9.17, 15) is 25.2 Å². The molecule has 0 fully saturated rings. The summed E-state index contributed by atoms with van der Waals surface area (Å²) in [6.07, 6.45) is -6.28. The van der Waals surface area contributed by atoms with Crippen molar-refractivity contribution in [3.8, 4) is 0 Å². The van der Waals surface area contributed by atoms with Gasteiger partial charge < -0.3 is 35.8 Å². The molecule has 8 nitrogen and oxygen atoms in total. The van der Waals surface area contributed by atoms with Crippen LogP contribution in [0.5, 0.6) is 0 Å². The zero-order chi connectivity index (χ0) is 19.6. The van der Waals surface area contributed by atoms with Crippen molar-refractivity contribution in [1.29, 1.82) is 0 Å². The Morgan fingerprint density at radius 2 is 1.56 bits per heavy atom. The number of aromatic amines is 1. The minimum Gasteiger partial charge on any atom is -0.394 e. The highest BCUT2D eigenvalue weighted by Crippen LogP contribution is 2.19. The second kappa shape index (κ2) is 8.03. The van der Waals surface area contributed by atoms with E-state index in [-0.39, 0.29) is 12.0 Å². The van der Waals surface area contributed by atoms with Gasteiger partial charge in [0.25, 0.3) is 0 Å². The predicted octanol–water partition coefficient (Wildman–Crippen LogP) is -0.471. The third-order valence-corrected chi connectivity index (χ3v) is 4.55. The summed E-state index contributed by atoms with van der Waals surface area (Å²) in [5, 5.41) is 51.5. The van der Waals surface area contributed by atoms with Crippen LogP contribution in [0.2, 0.25) is 0 Å². The fourth-order valence-electron chi connectivity index (χ4n) is 2.94. The molecule has 0 bridgehead atoms. The molecular formula is C19H22N2O6. The number of pyridine rings is 1. The van der Waals surface area contributed by atoms with Gasteiger partial charge in [0.15, 0.2) is 5.43 Å². The summed E-state index contributed by atoms with van der Waals surface area (Å²) in [7, 11) is 0. The fraction of sp³-hybridized carbons (Fsp3) is 0.316. The number of H-pyrrole nitrogens is 1. The van der Waals surface area contributed by atoms with Gasteiger partial charge in [-0.15, -0.1) is 0 Å². The lowest BCUT2D eigenvalue weighted by Crippen LogP contribution is -2.48. The monoisotopic (exact) mass is 374 g/mol. The third kappa shape index (κ3) is 3.95. The fourth-order valence-corrected chi connectivity index (χ4v) is 2.94. The van der Waals surface area contributed by atoms with Gasteiger partial charge in [0, 0.05) is 34.0 Å². The summed E-state index contributed by atoms with van der Waals surface area (Å²) in [5.74, 6) is 0. The summed E-state index contributed by atoms with van der Waals surface area (Å²) in [6.45, 7) is -0.868. The normalized spacial score (nSPS) is 16.2. The van der Waals surface area contributed by atoms with Gasteiger partial charge in [0.2, 0.25) is 0 Å². The van der Waals surface area contributed by atoms with Crippen LogP contribution in [0.4, 0.5) is 5.69 Å². The van der Waals surface area contributed by atoms with Crippen molar-refractivity contribution in [2.75, 3.05) is 18.5 Å². The van der Waals surface area contributed by atoms with Gasteiger partial charge in [-0.05, 0) is 30.3 Å². The second-order valence-corrected chi connectivity index (χ2v) is 6.44. The first kappa shape index (κ1) is 19.3. The number of benzene rings is 2. The molecule has 0 radical (unpaired) electrons. The number of aromatic nitrogens is 1. The number of fused-ring (bicyclic) bond motifs is 2. The molecule has 0 spiro atoms. The van der Waals surface area contributed by atoms with Gasteiger partial charge in [-0.2, -0.15) is 0 Å². The molecule has 0 amide bonds. The van der Waals surface area contributed by atoms with Gasteiger partial charge in [-0.1, -0.05) is 12.1 Å². The maximum atomic E-state index is 12.7. The molecule has 27 heavy (non-hydrogen) atoms. The van der Waals surface area contributed by atoms with Crippen molar-refractivity contribution in [2.45, 2.75) is 24.4 Å². The van der Waals surface area contributed by atoms with Gasteiger partial charge in [-0.25, -0.2) is 0 Å². The molecule has 0 saturated heterocycles. The van der Waals surface area contributed by atoms with Crippen molar-refractivity contribution in [2.24, 2.45) is 0 Å². The number of hydrogen-bond acceptors (Lipinski definition) is 7. The predicted molar refractivity (Wildman–Crippen MR) is 102 cm³/mol. The van der Waals surface area contributed by atoms with E-state index in [2.05, 4.69) is 10.3 Å². The maximum Gasteiger partial charge on any atom is 0.197 e. The Bertz CT molecular complexity index is 989. The number of aliphatic hydroxyl groups is 5. The van der Waals surface area contributed by atoms with E-state index in [0.29, 0.717) is 22.0 Å². The summed E-state index contributed by atoms with van der Waals surface area (Å²) < 4.78 is 0. The van der Waals surface area contributed by atoms with Gasteiger partial charge in [0.05, 0.1) is 12.7 Å². The molecular weight excluding hydrogens is 352 g/mol. The van der Waals surface area contributed by atoms with E-state index >= 15 is 0 Å². The smallest absolute Gasteiger partial charge is 0.197 e. The Balaban J connectivity index is 1.79. The van der Waals surface area contributed by atoms with Gasteiger partial charge in [0.1, 0.15) is 18.3 Å². The average molecular weight is 374 g/mol. The van der Waals surface area contributed by atoms with Crippen LogP contribution in [0.15, 0.2) is 47.3 Å². The van der Waals surface area contributed by atoms with Crippen LogP contribution in [0, 0.1) is 0 Å². The first-order chi connectivity index (χ1) is 12.9. The molecule has 2 aromatic carbocycles. The maximum absolute atomic E-state index is 12.7. The average Bonchev–Trinajstić information content (AvgIpc) is 2.70. The standard InChI is InChI=1S/C19H22N2O6/c22-9-16(24)19(27)18(26)15(23)8-20-10-5-6-14-12(7-10)17(25)11-3-1-2-4-13(11)21-14/h1-7,15-16,18-20,22-24,26-27H,8-9H2,(H,21,25)/t15-,16+,18+,19+/m0/s1. The molecule has 3 rings (SSSR count). The molecule has 4 atom stereocenters. The van der Waals surface area contributed by atoms with Crippen molar-refractivity contribution in [1.82, 2.24) is 4.98 Å². The highest BCUT2D eigenvalue weighted by Gasteiger charge is 2.29. The van der Waals surface area contributed by atoms with Crippen LogP contribution in [0.1, 0.15) is 0 Å². The van der Waals surface area contributed by atoms with E-state index in [1.54, 1.807) is 30.3 Å². The molecule has 8 heteroatoms. The lowest BCUT2D eigenvalue weighted by molar-refractivity contribution is -0.111. The molecule has 144 valence electrons. The molecule has 0 aliphatic rings. The number of nitrogens with one attached hydrogen (secondary N) is 2. The molecule has 1 aromatic heterocycles. The van der Waals surface area contributed by atoms with E-state index in [1.165, 1.54) is 0 Å². The molecule has 0 saturated carbocycles. The number of anilines is 1. The van der Waals surface area contributed by atoms with Crippen molar-refractivity contribution in [3.05, 3.63) is 52.7 Å². The molecule has 1 heterocycles. The minimum absolute atomic E-state index is 0.120. The Labute approximate surface area is 154 Å². The first-order valence-electron chi connectivity index (χ1n) is 8.54. The topological polar surface area (TPSA) is 146 Å². The van der Waals surface area contributed by atoms with E-state index in [1.807, 2.05) is 12.1 Å². The van der Waals surface area contributed by atoms with E-state index in [4.69, 9.17) is 5.11 Å². The Morgan fingerprint density at radius 3 is 2.30 bits per heavy atom. The Morgan fingerprint density at radius 1 is 0.889 bits per heavy atom. The van der Waals surface area contributed by atoms with Gasteiger partial charge in [-0.3, -0.25) is 4.79 Å². The number of hydrogen-bond donors (Lipinski definition) is 7. The van der Waals surface area contributed by atoms with Crippen molar-refractivity contribution in [3.63, 3.8) is 0 Å². The van der Waals surface area contributed by atoms with Crippen molar-refractivity contribution >= 4 is 27.5 Å². The Hall–Kier alpha value is -2.49. The Kier molecular flexibility index (Phi) is 5.73. The molecule has 7 N–H and O–H groups in total. The molecule has 3 aromatic rings. The van der Waals surface area contributed by atoms with Crippen LogP contribution in [0.25, 0.3) is 21.8 Å². The lowest BCUT2D eigenvalue weighted by atomic mass is 10.0. The summed E-state index contributed by atoms with van der Waals surface area (Å²) in [5.41, 5.74) is 1.84.